The summed E-state index contributed by atoms with van der Waals surface area (Å²) < 4.78 is 18.0. The molecule has 0 aliphatic carbocycles. The fraction of sp³-hybridized carbons (Fsp3) is 0.290. The van der Waals surface area contributed by atoms with E-state index >= 15 is 0 Å². The van der Waals surface area contributed by atoms with E-state index in [0.717, 1.165) is 24.8 Å². The summed E-state index contributed by atoms with van der Waals surface area (Å²) in [5.41, 5.74) is 2.60. The Morgan fingerprint density at radius 3 is 2.53 bits per heavy atom. The smallest absolute Gasteiger partial charge is 0.295 e. The highest BCUT2D eigenvalue weighted by Gasteiger charge is 2.44. The largest absolute Gasteiger partial charge is 0.490 e. The number of hydrogen-bond acceptors (Lipinski definition) is 5. The molecule has 6 nitrogen and oxygen atoms in total. The summed E-state index contributed by atoms with van der Waals surface area (Å²) in [4.78, 5) is 29.2. The highest BCUT2D eigenvalue weighted by molar-refractivity contribution is 6.31. The molecule has 0 spiro atoms. The molecular weight excluding hydrogens is 502 g/mol. The van der Waals surface area contributed by atoms with Gasteiger partial charge in [0.2, 0.25) is 5.76 Å². The average Bonchev–Trinajstić information content (AvgIpc) is 3.21. The Hall–Kier alpha value is -3.77. The number of halogens is 1. The van der Waals surface area contributed by atoms with Gasteiger partial charge in [0, 0.05) is 10.7 Å². The van der Waals surface area contributed by atoms with Gasteiger partial charge in [-0.25, -0.2) is 0 Å². The molecule has 1 unspecified atom stereocenters. The molecule has 4 aromatic rings. The van der Waals surface area contributed by atoms with Crippen molar-refractivity contribution in [2.75, 3.05) is 18.1 Å². The lowest BCUT2D eigenvalue weighted by Crippen LogP contribution is -2.29. The van der Waals surface area contributed by atoms with Crippen LogP contribution in [-0.2, 0) is 0 Å². The maximum Gasteiger partial charge on any atom is 0.295 e. The second-order valence-electron chi connectivity index (χ2n) is 9.38. The number of benzene rings is 3. The molecule has 1 aliphatic heterocycles. The van der Waals surface area contributed by atoms with Crippen molar-refractivity contribution >= 4 is 34.2 Å². The molecule has 0 fully saturated rings. The van der Waals surface area contributed by atoms with Gasteiger partial charge in [0.05, 0.1) is 30.2 Å². The number of ether oxygens (including phenoxy) is 2. The number of nitrogens with zero attached hydrogens (tertiary/aromatic N) is 1. The van der Waals surface area contributed by atoms with E-state index in [2.05, 4.69) is 6.92 Å². The van der Waals surface area contributed by atoms with Crippen molar-refractivity contribution in [2.24, 2.45) is 0 Å². The number of para-hydroxylation sites is 1. The molecule has 0 N–H and O–H groups in total. The number of carbonyl (C=O) groups excluding carboxylic acids is 1. The first-order valence-corrected chi connectivity index (χ1v) is 13.4. The second-order valence-corrected chi connectivity index (χ2v) is 9.78. The van der Waals surface area contributed by atoms with Gasteiger partial charge in [0.25, 0.3) is 5.91 Å². The maximum atomic E-state index is 13.8. The minimum atomic E-state index is -0.731. The van der Waals surface area contributed by atoms with E-state index in [9.17, 15) is 9.59 Å². The SMILES string of the molecule is CCCCCOc1ccc(C2c3c(oc4ccccc4c3=O)C(=O)N2c2ccc(C)c(Cl)c2)cc1OCC. The third-order valence-corrected chi connectivity index (χ3v) is 7.21. The van der Waals surface area contributed by atoms with Crippen LogP contribution in [0.2, 0.25) is 5.02 Å². The average molecular weight is 532 g/mol. The molecule has 1 atom stereocenters. The molecule has 1 aromatic heterocycles. The summed E-state index contributed by atoms with van der Waals surface area (Å²) in [7, 11) is 0. The number of aryl methyl sites for hydroxylation is 1. The first-order valence-electron chi connectivity index (χ1n) is 13.0. The van der Waals surface area contributed by atoms with Crippen LogP contribution in [0.15, 0.2) is 69.9 Å². The Balaban J connectivity index is 1.68. The first kappa shape index (κ1) is 25.9. The first-order chi connectivity index (χ1) is 18.4. The zero-order valence-corrected chi connectivity index (χ0v) is 22.5. The Morgan fingerprint density at radius 1 is 0.947 bits per heavy atom. The Kier molecular flexibility index (Phi) is 7.43. The molecule has 1 amide bonds. The third-order valence-electron chi connectivity index (χ3n) is 6.80. The summed E-state index contributed by atoms with van der Waals surface area (Å²) in [6.07, 6.45) is 3.14. The lowest BCUT2D eigenvalue weighted by atomic mass is 9.97. The predicted molar refractivity (Wildman–Crippen MR) is 150 cm³/mol. The van der Waals surface area contributed by atoms with Crippen LogP contribution < -0.4 is 19.8 Å². The standard InChI is InChI=1S/C31H30ClNO5/c1-4-6-9-16-37-25-15-13-20(17-26(25)36-5-2)28-27-29(34)22-10-7-8-11-24(22)38-30(27)31(35)33(28)21-14-12-19(3)23(32)18-21/h7-8,10-15,17-18,28H,4-6,9,16H2,1-3H3. The summed E-state index contributed by atoms with van der Waals surface area (Å²) in [6, 6.07) is 17.2. The van der Waals surface area contributed by atoms with E-state index < -0.39 is 11.9 Å². The number of amides is 1. The monoisotopic (exact) mass is 531 g/mol. The molecule has 7 heteroatoms. The molecule has 196 valence electrons. The van der Waals surface area contributed by atoms with E-state index in [4.69, 9.17) is 25.5 Å². The minimum absolute atomic E-state index is 0.0354. The zero-order valence-electron chi connectivity index (χ0n) is 21.8. The molecule has 2 heterocycles. The van der Waals surface area contributed by atoms with Crippen LogP contribution in [0.5, 0.6) is 11.5 Å². The Labute approximate surface area is 226 Å². The summed E-state index contributed by atoms with van der Waals surface area (Å²) in [6.45, 7) is 6.98. The van der Waals surface area contributed by atoms with Crippen molar-refractivity contribution in [1.82, 2.24) is 0 Å². The molecule has 0 saturated heterocycles. The van der Waals surface area contributed by atoms with E-state index in [0.29, 0.717) is 57.5 Å². The molecule has 38 heavy (non-hydrogen) atoms. The van der Waals surface area contributed by atoms with E-state index in [1.807, 2.05) is 44.2 Å². The van der Waals surface area contributed by atoms with Crippen LogP contribution in [-0.4, -0.2) is 19.1 Å². The number of fused-ring (bicyclic) bond motifs is 2. The third kappa shape index (κ3) is 4.65. The summed E-state index contributed by atoms with van der Waals surface area (Å²) in [5.74, 6) is 0.833. The van der Waals surface area contributed by atoms with Crippen LogP contribution in [0, 0.1) is 6.92 Å². The van der Waals surface area contributed by atoms with Crippen molar-refractivity contribution in [3.63, 3.8) is 0 Å². The fourth-order valence-corrected chi connectivity index (χ4v) is 5.02. The molecule has 1 aliphatic rings. The number of hydrogen-bond donors (Lipinski definition) is 0. The Morgan fingerprint density at radius 2 is 1.76 bits per heavy atom. The summed E-state index contributed by atoms with van der Waals surface area (Å²) in [5, 5.41) is 0.953. The van der Waals surface area contributed by atoms with Gasteiger partial charge in [-0.15, -0.1) is 0 Å². The fourth-order valence-electron chi connectivity index (χ4n) is 4.85. The number of carbonyl (C=O) groups is 1. The topological polar surface area (TPSA) is 69.0 Å². The van der Waals surface area contributed by atoms with Gasteiger partial charge in [-0.2, -0.15) is 0 Å². The van der Waals surface area contributed by atoms with E-state index in [1.165, 1.54) is 0 Å². The molecule has 0 radical (unpaired) electrons. The van der Waals surface area contributed by atoms with Crippen molar-refractivity contribution in [1.29, 1.82) is 0 Å². The van der Waals surface area contributed by atoms with E-state index in [1.54, 1.807) is 35.2 Å². The molecule has 3 aromatic carbocycles. The highest BCUT2D eigenvalue weighted by atomic mass is 35.5. The predicted octanol–water partition coefficient (Wildman–Crippen LogP) is 7.47. The summed E-state index contributed by atoms with van der Waals surface area (Å²) >= 11 is 6.46. The van der Waals surface area contributed by atoms with Gasteiger partial charge in [-0.1, -0.05) is 55.6 Å². The van der Waals surface area contributed by atoms with Crippen LogP contribution >= 0.6 is 11.6 Å². The van der Waals surface area contributed by atoms with Gasteiger partial charge in [0.15, 0.2) is 16.9 Å². The van der Waals surface area contributed by atoms with Crippen molar-refractivity contribution in [2.45, 2.75) is 46.1 Å². The molecule has 5 rings (SSSR count). The quantitative estimate of drug-likeness (QED) is 0.209. The van der Waals surface area contributed by atoms with Gasteiger partial charge in [-0.05, 0) is 67.8 Å². The van der Waals surface area contributed by atoms with Gasteiger partial charge in [-0.3, -0.25) is 14.5 Å². The minimum Gasteiger partial charge on any atom is -0.490 e. The lowest BCUT2D eigenvalue weighted by Gasteiger charge is -2.26. The molecular formula is C31H30ClNO5. The highest BCUT2D eigenvalue weighted by Crippen LogP contribution is 2.44. The second kappa shape index (κ2) is 10.9. The number of unbranched alkanes of at least 4 members (excludes halogenated alkanes) is 2. The Bertz CT molecular complexity index is 1560. The lowest BCUT2D eigenvalue weighted by molar-refractivity contribution is 0.0971. The van der Waals surface area contributed by atoms with Crippen molar-refractivity contribution < 1.29 is 18.7 Å². The van der Waals surface area contributed by atoms with Gasteiger partial charge < -0.3 is 13.9 Å². The van der Waals surface area contributed by atoms with Crippen molar-refractivity contribution in [3.05, 3.63) is 98.4 Å². The van der Waals surface area contributed by atoms with Crippen LogP contribution in [0.3, 0.4) is 0 Å². The van der Waals surface area contributed by atoms with Crippen LogP contribution in [0.4, 0.5) is 5.69 Å². The number of anilines is 1. The van der Waals surface area contributed by atoms with Crippen LogP contribution in [0.1, 0.15) is 66.4 Å². The zero-order chi connectivity index (χ0) is 26.8. The molecule has 0 bridgehead atoms. The molecule has 0 saturated carbocycles. The maximum absolute atomic E-state index is 13.8. The van der Waals surface area contributed by atoms with Gasteiger partial charge >= 0.3 is 0 Å². The van der Waals surface area contributed by atoms with E-state index in [-0.39, 0.29) is 11.2 Å². The normalized spacial score (nSPS) is 14.7. The number of rotatable bonds is 9. The van der Waals surface area contributed by atoms with Crippen molar-refractivity contribution in [3.8, 4) is 11.5 Å². The van der Waals surface area contributed by atoms with Gasteiger partial charge in [0.1, 0.15) is 5.58 Å². The van der Waals surface area contributed by atoms with Crippen LogP contribution in [0.25, 0.3) is 11.0 Å².